The highest BCUT2D eigenvalue weighted by atomic mass is 16.1. The molecule has 0 aliphatic rings. The Morgan fingerprint density at radius 2 is 1.05 bits per heavy atom. The van der Waals surface area contributed by atoms with Gasteiger partial charge in [-0.3, -0.25) is 4.79 Å². The number of hydrogen-bond donors (Lipinski definition) is 0. The van der Waals surface area contributed by atoms with Crippen LogP contribution < -0.4 is 0 Å². The standard InChI is InChI=1S/C19H14O/c1-15-3-7-17(8-4-15)11-13-19(20)14-12-18-9-5-16(2)6-10-18/h3-10H,1-2H3. The van der Waals surface area contributed by atoms with E-state index in [1.54, 1.807) is 0 Å². The summed E-state index contributed by atoms with van der Waals surface area (Å²) in [5, 5.41) is 0. The van der Waals surface area contributed by atoms with Crippen LogP contribution in [0.3, 0.4) is 0 Å². The second-order valence-corrected chi connectivity index (χ2v) is 4.56. The molecular weight excluding hydrogens is 244 g/mol. The van der Waals surface area contributed by atoms with Gasteiger partial charge >= 0.3 is 0 Å². The van der Waals surface area contributed by atoms with Crippen LogP contribution in [0.1, 0.15) is 22.3 Å². The highest BCUT2D eigenvalue weighted by Gasteiger charge is 1.91. The number of aryl methyl sites for hydroxylation is 2. The first-order valence-corrected chi connectivity index (χ1v) is 6.35. The molecule has 1 nitrogen and oxygen atoms in total. The molecule has 0 spiro atoms. The molecule has 0 radical (unpaired) electrons. The van der Waals surface area contributed by atoms with E-state index in [9.17, 15) is 4.79 Å². The first kappa shape index (κ1) is 13.7. The van der Waals surface area contributed by atoms with Crippen LogP contribution in [-0.2, 0) is 4.79 Å². The molecule has 0 amide bonds. The Bertz CT molecular complexity index is 661. The van der Waals surface area contributed by atoms with Crippen molar-refractivity contribution in [2.24, 2.45) is 0 Å². The van der Waals surface area contributed by atoms with Crippen LogP contribution in [0, 0.1) is 37.5 Å². The number of ketones is 1. The van der Waals surface area contributed by atoms with Gasteiger partial charge in [-0.2, -0.15) is 0 Å². The molecule has 96 valence electrons. The molecule has 0 aromatic heterocycles. The van der Waals surface area contributed by atoms with Crippen molar-refractivity contribution in [1.29, 1.82) is 0 Å². The highest BCUT2D eigenvalue weighted by Crippen LogP contribution is 2.01. The molecule has 2 aromatic rings. The molecule has 0 fully saturated rings. The lowest BCUT2D eigenvalue weighted by molar-refractivity contribution is -0.108. The van der Waals surface area contributed by atoms with Gasteiger partial charge in [0.2, 0.25) is 0 Å². The number of Topliss-reactive ketones (excluding diaryl/α,β-unsaturated/α-hetero) is 1. The maximum Gasteiger partial charge on any atom is 0.279 e. The first-order valence-electron chi connectivity index (χ1n) is 6.35. The average Bonchev–Trinajstić information content (AvgIpc) is 2.46. The van der Waals surface area contributed by atoms with E-state index < -0.39 is 0 Å². The summed E-state index contributed by atoms with van der Waals surface area (Å²) < 4.78 is 0. The van der Waals surface area contributed by atoms with Gasteiger partial charge in [0.25, 0.3) is 5.78 Å². The molecule has 0 bridgehead atoms. The van der Waals surface area contributed by atoms with Crippen molar-refractivity contribution in [3.8, 4) is 23.7 Å². The van der Waals surface area contributed by atoms with E-state index >= 15 is 0 Å². The van der Waals surface area contributed by atoms with E-state index in [0.717, 1.165) is 11.1 Å². The van der Waals surface area contributed by atoms with E-state index in [0.29, 0.717) is 0 Å². The summed E-state index contributed by atoms with van der Waals surface area (Å²) in [5.74, 6) is 10.3. The zero-order chi connectivity index (χ0) is 14.4. The monoisotopic (exact) mass is 258 g/mol. The van der Waals surface area contributed by atoms with Crippen molar-refractivity contribution in [2.45, 2.75) is 13.8 Å². The van der Waals surface area contributed by atoms with Gasteiger partial charge in [-0.1, -0.05) is 47.2 Å². The normalized spacial score (nSPS) is 8.90. The van der Waals surface area contributed by atoms with Gasteiger partial charge < -0.3 is 0 Å². The second-order valence-electron chi connectivity index (χ2n) is 4.56. The quantitative estimate of drug-likeness (QED) is 0.663. The number of carbonyl (C=O) groups excluding carboxylic acids is 1. The molecule has 0 saturated carbocycles. The predicted molar refractivity (Wildman–Crippen MR) is 81.1 cm³/mol. The molecule has 0 heterocycles. The number of carbonyl (C=O) groups is 1. The van der Waals surface area contributed by atoms with Crippen LogP contribution in [-0.4, -0.2) is 5.78 Å². The van der Waals surface area contributed by atoms with Crippen molar-refractivity contribution >= 4 is 5.78 Å². The van der Waals surface area contributed by atoms with Crippen molar-refractivity contribution in [3.63, 3.8) is 0 Å². The summed E-state index contributed by atoms with van der Waals surface area (Å²) >= 11 is 0. The summed E-state index contributed by atoms with van der Waals surface area (Å²) in [6.45, 7) is 4.02. The van der Waals surface area contributed by atoms with E-state index in [1.807, 2.05) is 62.4 Å². The van der Waals surface area contributed by atoms with Gasteiger partial charge in [0.1, 0.15) is 0 Å². The number of benzene rings is 2. The van der Waals surface area contributed by atoms with Crippen LogP contribution in [0.5, 0.6) is 0 Å². The Kier molecular flexibility index (Phi) is 4.38. The zero-order valence-corrected chi connectivity index (χ0v) is 11.5. The Morgan fingerprint density at radius 3 is 1.40 bits per heavy atom. The van der Waals surface area contributed by atoms with Crippen molar-refractivity contribution in [2.75, 3.05) is 0 Å². The summed E-state index contributed by atoms with van der Waals surface area (Å²) in [4.78, 5) is 11.6. The molecule has 0 unspecified atom stereocenters. The van der Waals surface area contributed by atoms with Gasteiger partial charge in [-0.15, -0.1) is 0 Å². The molecule has 0 atom stereocenters. The lowest BCUT2D eigenvalue weighted by Crippen LogP contribution is -1.87. The third-order valence-corrected chi connectivity index (χ3v) is 2.74. The lowest BCUT2D eigenvalue weighted by atomic mass is 10.1. The summed E-state index contributed by atoms with van der Waals surface area (Å²) in [7, 11) is 0. The van der Waals surface area contributed by atoms with Gasteiger partial charge in [-0.05, 0) is 50.0 Å². The smallest absolute Gasteiger partial charge is 0.270 e. The topological polar surface area (TPSA) is 17.1 Å². The Hall–Kier alpha value is -2.77. The fourth-order valence-corrected chi connectivity index (χ4v) is 1.56. The van der Waals surface area contributed by atoms with Gasteiger partial charge in [0.05, 0.1) is 0 Å². The lowest BCUT2D eigenvalue weighted by Gasteiger charge is -1.91. The third-order valence-electron chi connectivity index (χ3n) is 2.74. The van der Waals surface area contributed by atoms with E-state index in [-0.39, 0.29) is 5.78 Å². The van der Waals surface area contributed by atoms with E-state index in [4.69, 9.17) is 0 Å². The fraction of sp³-hybridized carbons (Fsp3) is 0.105. The van der Waals surface area contributed by atoms with Gasteiger partial charge in [0, 0.05) is 11.1 Å². The summed E-state index contributed by atoms with van der Waals surface area (Å²) in [6.07, 6.45) is 0. The number of hydrogen-bond acceptors (Lipinski definition) is 1. The molecule has 0 aliphatic heterocycles. The van der Waals surface area contributed by atoms with E-state index in [2.05, 4.69) is 23.7 Å². The Morgan fingerprint density at radius 1 is 0.700 bits per heavy atom. The highest BCUT2D eigenvalue weighted by molar-refractivity contribution is 6.09. The molecule has 20 heavy (non-hydrogen) atoms. The van der Waals surface area contributed by atoms with Crippen LogP contribution in [0.15, 0.2) is 48.5 Å². The van der Waals surface area contributed by atoms with E-state index in [1.165, 1.54) is 11.1 Å². The molecule has 0 saturated heterocycles. The van der Waals surface area contributed by atoms with Crippen molar-refractivity contribution in [1.82, 2.24) is 0 Å². The maximum atomic E-state index is 11.6. The largest absolute Gasteiger partial charge is 0.279 e. The maximum absolute atomic E-state index is 11.6. The third kappa shape index (κ3) is 4.16. The molecule has 1 heteroatoms. The molecule has 0 aliphatic carbocycles. The predicted octanol–water partition coefficient (Wildman–Crippen LogP) is 3.28. The minimum Gasteiger partial charge on any atom is -0.270 e. The SMILES string of the molecule is Cc1ccc(C#CC(=O)C#Cc2ccc(C)cc2)cc1. The first-order chi connectivity index (χ1) is 9.63. The van der Waals surface area contributed by atoms with Gasteiger partial charge in [-0.25, -0.2) is 0 Å². The van der Waals surface area contributed by atoms with Gasteiger partial charge in [0.15, 0.2) is 0 Å². The second kappa shape index (κ2) is 6.41. The average molecular weight is 258 g/mol. The van der Waals surface area contributed by atoms with Crippen LogP contribution in [0.25, 0.3) is 0 Å². The Balaban J connectivity index is 2.07. The minimum absolute atomic E-state index is 0.369. The zero-order valence-electron chi connectivity index (χ0n) is 11.5. The minimum atomic E-state index is -0.369. The van der Waals surface area contributed by atoms with Crippen LogP contribution in [0.4, 0.5) is 0 Å². The van der Waals surface area contributed by atoms with Crippen LogP contribution in [0.2, 0.25) is 0 Å². The Labute approximate surface area is 119 Å². The van der Waals surface area contributed by atoms with Crippen molar-refractivity contribution in [3.05, 3.63) is 70.8 Å². The molecule has 2 aromatic carbocycles. The summed E-state index contributed by atoms with van der Waals surface area (Å²) in [6, 6.07) is 15.4. The van der Waals surface area contributed by atoms with Crippen molar-refractivity contribution < 1.29 is 4.79 Å². The molecular formula is C19H14O. The molecule has 2 rings (SSSR count). The fourth-order valence-electron chi connectivity index (χ4n) is 1.56. The molecule has 0 N–H and O–H groups in total. The number of rotatable bonds is 0. The summed E-state index contributed by atoms with van der Waals surface area (Å²) in [5.41, 5.74) is 3.98. The van der Waals surface area contributed by atoms with Crippen LogP contribution >= 0.6 is 0 Å².